The predicted octanol–water partition coefficient (Wildman–Crippen LogP) is 2.57. The zero-order valence-electron chi connectivity index (χ0n) is 12.3. The topological polar surface area (TPSA) is 38.3 Å². The molecule has 0 aromatic heterocycles. The minimum absolute atomic E-state index is 0.0345. The van der Waals surface area contributed by atoms with Crippen molar-refractivity contribution in [1.29, 1.82) is 0 Å². The highest BCUT2D eigenvalue weighted by molar-refractivity contribution is 5.87. The Kier molecular flexibility index (Phi) is 4.71. The van der Waals surface area contributed by atoms with Crippen LogP contribution in [-0.4, -0.2) is 25.7 Å². The molecule has 1 aromatic carbocycles. The largest absolute Gasteiger partial charge is 0.381 e. The van der Waals surface area contributed by atoms with Crippen molar-refractivity contribution in [2.45, 2.75) is 19.3 Å². The molecule has 1 unspecified atom stereocenters. The molecule has 1 saturated carbocycles. The molecule has 1 N–H and O–H groups in total. The van der Waals surface area contributed by atoms with E-state index >= 15 is 0 Å². The molecular weight excluding hydrogens is 262 g/mol. The van der Waals surface area contributed by atoms with E-state index in [-0.39, 0.29) is 5.91 Å². The molecule has 1 saturated heterocycles. The lowest BCUT2D eigenvalue weighted by Crippen LogP contribution is -2.27. The first-order valence-corrected chi connectivity index (χ1v) is 7.89. The minimum Gasteiger partial charge on any atom is -0.381 e. The lowest BCUT2D eigenvalue weighted by Gasteiger charge is -2.07. The summed E-state index contributed by atoms with van der Waals surface area (Å²) in [5, 5.41) is 2.97. The van der Waals surface area contributed by atoms with Gasteiger partial charge in [0.25, 0.3) is 0 Å². The van der Waals surface area contributed by atoms with Crippen LogP contribution in [0, 0.1) is 17.8 Å². The van der Waals surface area contributed by atoms with Crippen LogP contribution in [0.1, 0.15) is 18.4 Å². The van der Waals surface area contributed by atoms with Gasteiger partial charge in [0.05, 0.1) is 6.61 Å². The molecule has 3 nitrogen and oxygen atoms in total. The average Bonchev–Trinajstić information content (AvgIpc) is 3.02. The Hall–Kier alpha value is -1.61. The Morgan fingerprint density at radius 2 is 2.19 bits per heavy atom. The summed E-state index contributed by atoms with van der Waals surface area (Å²) >= 11 is 0. The van der Waals surface area contributed by atoms with Crippen LogP contribution in [0.4, 0.5) is 0 Å². The number of carbonyl (C=O) groups excluding carboxylic acids is 1. The molecule has 0 spiro atoms. The van der Waals surface area contributed by atoms with Crippen molar-refractivity contribution in [3.63, 3.8) is 0 Å². The molecule has 1 amide bonds. The van der Waals surface area contributed by atoms with Gasteiger partial charge in [-0.25, -0.2) is 0 Å². The van der Waals surface area contributed by atoms with Crippen LogP contribution >= 0.6 is 0 Å². The highest BCUT2D eigenvalue weighted by atomic mass is 16.5. The summed E-state index contributed by atoms with van der Waals surface area (Å²) in [4.78, 5) is 11.8. The van der Waals surface area contributed by atoms with Crippen LogP contribution in [0.3, 0.4) is 0 Å². The number of allylic oxidation sites excluding steroid dienone is 1. The summed E-state index contributed by atoms with van der Waals surface area (Å²) < 4.78 is 5.30. The Bertz CT molecular complexity index is 491. The maximum Gasteiger partial charge on any atom is 0.243 e. The third-order valence-corrected chi connectivity index (χ3v) is 4.40. The van der Waals surface area contributed by atoms with Crippen LogP contribution in [0.5, 0.6) is 0 Å². The van der Waals surface area contributed by atoms with Gasteiger partial charge in [-0.3, -0.25) is 4.79 Å². The van der Waals surface area contributed by atoms with Gasteiger partial charge in [-0.2, -0.15) is 0 Å². The number of hydrogen-bond acceptors (Lipinski definition) is 2. The summed E-state index contributed by atoms with van der Waals surface area (Å²) in [6.07, 6.45) is 7.18. The summed E-state index contributed by atoms with van der Waals surface area (Å²) in [6, 6.07) is 10.6. The van der Waals surface area contributed by atoms with E-state index in [1.54, 1.807) is 6.08 Å². The van der Waals surface area contributed by atoms with E-state index in [1.807, 2.05) is 6.07 Å². The molecule has 0 radical (unpaired) electrons. The normalized spacial score (nSPS) is 27.9. The maximum absolute atomic E-state index is 11.8. The maximum atomic E-state index is 11.8. The van der Waals surface area contributed by atoms with E-state index in [2.05, 4.69) is 35.7 Å². The van der Waals surface area contributed by atoms with Gasteiger partial charge in [0.2, 0.25) is 5.91 Å². The highest BCUT2D eigenvalue weighted by Gasteiger charge is 2.34. The lowest BCUT2D eigenvalue weighted by molar-refractivity contribution is -0.116. The number of benzene rings is 1. The molecule has 1 aliphatic heterocycles. The monoisotopic (exact) mass is 285 g/mol. The number of carbonyl (C=O) groups is 1. The number of amides is 1. The van der Waals surface area contributed by atoms with Crippen molar-refractivity contribution in [2.24, 2.45) is 17.8 Å². The fourth-order valence-corrected chi connectivity index (χ4v) is 2.92. The second-order valence-corrected chi connectivity index (χ2v) is 6.18. The third-order valence-electron chi connectivity index (χ3n) is 4.40. The summed E-state index contributed by atoms with van der Waals surface area (Å²) in [6.45, 7) is 2.35. The van der Waals surface area contributed by atoms with Gasteiger partial charge in [-0.05, 0) is 42.7 Å². The van der Waals surface area contributed by atoms with Gasteiger partial charge >= 0.3 is 0 Å². The van der Waals surface area contributed by atoms with Crippen LogP contribution in [0.2, 0.25) is 0 Å². The van der Waals surface area contributed by atoms with Crippen LogP contribution < -0.4 is 5.32 Å². The van der Waals surface area contributed by atoms with Gasteiger partial charge in [-0.1, -0.05) is 36.4 Å². The van der Waals surface area contributed by atoms with Crippen molar-refractivity contribution in [3.05, 3.63) is 48.0 Å². The second-order valence-electron chi connectivity index (χ2n) is 6.18. The van der Waals surface area contributed by atoms with E-state index in [0.29, 0.717) is 17.8 Å². The molecule has 0 bridgehead atoms. The summed E-state index contributed by atoms with van der Waals surface area (Å²) in [5.74, 6) is 1.81. The van der Waals surface area contributed by atoms with E-state index in [4.69, 9.17) is 4.74 Å². The molecule has 2 aliphatic rings. The van der Waals surface area contributed by atoms with Crippen LogP contribution in [-0.2, 0) is 16.0 Å². The lowest BCUT2D eigenvalue weighted by atomic mass is 10.1. The van der Waals surface area contributed by atoms with E-state index < -0.39 is 0 Å². The summed E-state index contributed by atoms with van der Waals surface area (Å²) in [5.41, 5.74) is 1.39. The standard InChI is InChI=1S/C18H23NO2/c20-18(19-12-15-8-9-21-13-15)7-6-16-11-17(16)10-14-4-2-1-3-5-14/h1-7,15-17H,8-13H2,(H,19,20)/b7-6+/t15?,16-,17-/m1/s1. The number of hydrogen-bond donors (Lipinski definition) is 1. The van der Waals surface area contributed by atoms with Crippen molar-refractivity contribution >= 4 is 5.91 Å². The molecule has 1 heterocycles. The molecule has 112 valence electrons. The first-order valence-electron chi connectivity index (χ1n) is 7.89. The molecule has 2 fully saturated rings. The molecule has 1 aliphatic carbocycles. The van der Waals surface area contributed by atoms with Crippen molar-refractivity contribution in [3.8, 4) is 0 Å². The predicted molar refractivity (Wildman–Crippen MR) is 82.8 cm³/mol. The zero-order valence-corrected chi connectivity index (χ0v) is 12.3. The second kappa shape index (κ2) is 6.90. The summed E-state index contributed by atoms with van der Waals surface area (Å²) in [7, 11) is 0. The van der Waals surface area contributed by atoms with E-state index in [0.717, 1.165) is 32.6 Å². The van der Waals surface area contributed by atoms with Crippen molar-refractivity contribution in [2.75, 3.05) is 19.8 Å². The Balaban J connectivity index is 1.36. The fourth-order valence-electron chi connectivity index (χ4n) is 2.92. The van der Waals surface area contributed by atoms with Crippen LogP contribution in [0.25, 0.3) is 0 Å². The number of nitrogens with one attached hydrogen (secondary N) is 1. The quantitative estimate of drug-likeness (QED) is 0.816. The molecular formula is C18H23NO2. The van der Waals surface area contributed by atoms with E-state index in [1.165, 1.54) is 12.0 Å². The number of rotatable bonds is 6. The molecule has 3 atom stereocenters. The minimum atomic E-state index is 0.0345. The van der Waals surface area contributed by atoms with Gasteiger partial charge < -0.3 is 10.1 Å². The smallest absolute Gasteiger partial charge is 0.243 e. The Morgan fingerprint density at radius 1 is 1.33 bits per heavy atom. The van der Waals surface area contributed by atoms with Gasteiger partial charge in [0.15, 0.2) is 0 Å². The van der Waals surface area contributed by atoms with Crippen molar-refractivity contribution < 1.29 is 9.53 Å². The first-order chi connectivity index (χ1) is 10.3. The Morgan fingerprint density at radius 3 is 2.95 bits per heavy atom. The Labute approximate surface area is 126 Å². The molecule has 1 aromatic rings. The first kappa shape index (κ1) is 14.3. The SMILES string of the molecule is O=C(/C=C/[C@@H]1C[C@H]1Cc1ccccc1)NCC1CCOC1. The number of ether oxygens (including phenoxy) is 1. The van der Waals surface area contributed by atoms with Crippen molar-refractivity contribution in [1.82, 2.24) is 5.32 Å². The molecule has 21 heavy (non-hydrogen) atoms. The van der Waals surface area contributed by atoms with E-state index in [9.17, 15) is 4.79 Å². The zero-order chi connectivity index (χ0) is 14.5. The molecule has 3 rings (SSSR count). The fraction of sp³-hybridized carbons (Fsp3) is 0.500. The van der Waals surface area contributed by atoms with Gasteiger partial charge in [0, 0.05) is 19.1 Å². The van der Waals surface area contributed by atoms with Gasteiger partial charge in [0.1, 0.15) is 0 Å². The third kappa shape index (κ3) is 4.43. The van der Waals surface area contributed by atoms with Gasteiger partial charge in [-0.15, -0.1) is 0 Å². The van der Waals surface area contributed by atoms with Crippen LogP contribution in [0.15, 0.2) is 42.5 Å². The average molecular weight is 285 g/mol. The molecule has 3 heteroatoms. The highest BCUT2D eigenvalue weighted by Crippen LogP contribution is 2.42.